The number of amides is 1. The number of carbonyl (C=O) groups excluding carboxylic acids is 2. The first-order valence-corrected chi connectivity index (χ1v) is 9.84. The fourth-order valence-corrected chi connectivity index (χ4v) is 3.32. The maximum atomic E-state index is 14.9. The van der Waals surface area contributed by atoms with Crippen molar-refractivity contribution in [2.75, 3.05) is 24.6 Å². The zero-order valence-electron chi connectivity index (χ0n) is 17.1. The number of ether oxygens (including phenoxy) is 2. The second-order valence-corrected chi connectivity index (χ2v) is 7.33. The number of anilines is 1. The molecular formula is C20H20FN7O4. The first-order chi connectivity index (χ1) is 15.4. The molecule has 0 unspecified atom stereocenters. The van der Waals surface area contributed by atoms with Gasteiger partial charge in [-0.25, -0.2) is 9.18 Å². The monoisotopic (exact) mass is 441 g/mol. The topological polar surface area (TPSA) is 144 Å². The molecule has 0 spiro atoms. The Labute approximate surface area is 182 Å². The van der Waals surface area contributed by atoms with Crippen LogP contribution in [0.2, 0.25) is 0 Å². The van der Waals surface area contributed by atoms with Crippen molar-refractivity contribution in [1.82, 2.24) is 4.98 Å². The maximum absolute atomic E-state index is 14.9. The smallest absolute Gasteiger partial charge is 0.414 e. The summed E-state index contributed by atoms with van der Waals surface area (Å²) >= 11 is 0. The van der Waals surface area contributed by atoms with Gasteiger partial charge in [0.15, 0.2) is 0 Å². The van der Waals surface area contributed by atoms with E-state index in [9.17, 15) is 14.0 Å². The zero-order valence-corrected chi connectivity index (χ0v) is 17.1. The van der Waals surface area contributed by atoms with Crippen molar-refractivity contribution >= 4 is 17.7 Å². The molecule has 1 fully saturated rings. The number of pyridine rings is 1. The van der Waals surface area contributed by atoms with E-state index in [0.717, 1.165) is 0 Å². The number of hydrogen-bond donors (Lipinski definition) is 1. The fourth-order valence-electron chi connectivity index (χ4n) is 3.32. The lowest BCUT2D eigenvalue weighted by molar-refractivity contribution is -0.142. The van der Waals surface area contributed by atoms with Gasteiger partial charge in [0.1, 0.15) is 11.9 Å². The normalized spacial score (nSPS) is 18.8. The Hall–Kier alpha value is -3.80. The van der Waals surface area contributed by atoms with Crippen LogP contribution in [-0.2, 0) is 19.9 Å². The first-order valence-electron chi connectivity index (χ1n) is 9.84. The summed E-state index contributed by atoms with van der Waals surface area (Å²) in [6.07, 6.45) is 0.778. The van der Waals surface area contributed by atoms with E-state index in [1.54, 1.807) is 31.2 Å². The summed E-state index contributed by atoms with van der Waals surface area (Å²) in [4.78, 5) is 29.0. The molecule has 3 heterocycles. The van der Waals surface area contributed by atoms with Crippen LogP contribution < -0.4 is 10.6 Å². The van der Waals surface area contributed by atoms with Gasteiger partial charge >= 0.3 is 12.1 Å². The van der Waals surface area contributed by atoms with Crippen LogP contribution in [0.1, 0.15) is 19.0 Å². The Kier molecular flexibility index (Phi) is 5.86. The van der Waals surface area contributed by atoms with Crippen LogP contribution in [0.4, 0.5) is 14.9 Å². The highest BCUT2D eigenvalue weighted by Gasteiger charge is 2.33. The molecule has 2 aliphatic rings. The molecule has 0 bridgehead atoms. The van der Waals surface area contributed by atoms with Gasteiger partial charge in [-0.15, -0.1) is 10.2 Å². The molecule has 2 aromatic rings. The van der Waals surface area contributed by atoms with Gasteiger partial charge in [-0.05, 0) is 41.6 Å². The molecule has 2 aliphatic heterocycles. The number of esters is 1. The second-order valence-electron chi connectivity index (χ2n) is 7.33. The van der Waals surface area contributed by atoms with Gasteiger partial charge in [-0.3, -0.25) is 14.7 Å². The molecular weight excluding hydrogens is 421 g/mol. The van der Waals surface area contributed by atoms with Crippen LogP contribution in [-0.4, -0.2) is 42.8 Å². The molecule has 4 rings (SSSR count). The summed E-state index contributed by atoms with van der Waals surface area (Å²) in [7, 11) is 0. The van der Waals surface area contributed by atoms with Gasteiger partial charge < -0.3 is 15.2 Å². The van der Waals surface area contributed by atoms with Crippen molar-refractivity contribution in [1.29, 1.82) is 0 Å². The highest BCUT2D eigenvalue weighted by Crippen LogP contribution is 2.33. The molecule has 12 heteroatoms. The largest absolute Gasteiger partial charge is 0.465 e. The molecule has 2 N–H and O–H groups in total. The van der Waals surface area contributed by atoms with Crippen molar-refractivity contribution in [2.45, 2.75) is 25.1 Å². The fraction of sp³-hybridized carbons (Fsp3) is 0.350. The molecule has 32 heavy (non-hydrogen) atoms. The van der Waals surface area contributed by atoms with E-state index in [1.165, 1.54) is 17.2 Å². The summed E-state index contributed by atoms with van der Waals surface area (Å²) in [5.41, 5.74) is 5.97. The Morgan fingerprint density at radius 2 is 2.09 bits per heavy atom. The van der Waals surface area contributed by atoms with E-state index in [1.807, 2.05) is 0 Å². The summed E-state index contributed by atoms with van der Waals surface area (Å²) < 4.78 is 25.0. The van der Waals surface area contributed by atoms with Crippen molar-refractivity contribution in [2.24, 2.45) is 26.4 Å². The van der Waals surface area contributed by atoms with E-state index < -0.39 is 29.6 Å². The number of aromatic nitrogens is 1. The predicted molar refractivity (Wildman–Crippen MR) is 109 cm³/mol. The molecule has 0 radical (unpaired) electrons. The molecule has 1 atom stereocenters. The number of cyclic esters (lactones) is 1. The number of rotatable bonds is 7. The molecule has 166 valence electrons. The molecule has 11 nitrogen and oxygen atoms in total. The van der Waals surface area contributed by atoms with Crippen LogP contribution in [0.5, 0.6) is 0 Å². The van der Waals surface area contributed by atoms with Crippen LogP contribution in [0.25, 0.3) is 11.1 Å². The summed E-state index contributed by atoms with van der Waals surface area (Å²) in [6, 6.07) is 7.86. The number of benzene rings is 1. The van der Waals surface area contributed by atoms with Gasteiger partial charge in [0.05, 0.1) is 31.1 Å². The van der Waals surface area contributed by atoms with E-state index >= 15 is 0 Å². The second kappa shape index (κ2) is 8.75. The third kappa shape index (κ3) is 4.30. The zero-order chi connectivity index (χ0) is 22.7. The third-order valence-corrected chi connectivity index (χ3v) is 5.09. The van der Waals surface area contributed by atoms with Gasteiger partial charge in [0, 0.05) is 23.7 Å². The number of hydrogen-bond acceptors (Lipinski definition) is 10. The average molecular weight is 441 g/mol. The lowest BCUT2D eigenvalue weighted by Gasteiger charge is -2.15. The molecule has 1 aromatic heterocycles. The summed E-state index contributed by atoms with van der Waals surface area (Å²) in [6.45, 7) is 1.81. The highest BCUT2D eigenvalue weighted by molar-refractivity contribution is 5.90. The van der Waals surface area contributed by atoms with Gasteiger partial charge in [0.25, 0.3) is 0 Å². The minimum absolute atomic E-state index is 0.0832. The SMILES string of the molecule is CC1(c2ccc(-c3ccc(N4C[C@@H](CCOC(=O)CN)OC4=O)cc3F)cn2)N=NN=N1. The third-order valence-electron chi connectivity index (χ3n) is 5.09. The van der Waals surface area contributed by atoms with Crippen LogP contribution >= 0.6 is 0 Å². The molecule has 0 aliphatic carbocycles. The minimum Gasteiger partial charge on any atom is -0.465 e. The maximum Gasteiger partial charge on any atom is 0.414 e. The molecule has 1 saturated heterocycles. The van der Waals surface area contributed by atoms with E-state index in [2.05, 4.69) is 25.7 Å². The van der Waals surface area contributed by atoms with Gasteiger partial charge in [-0.2, -0.15) is 0 Å². The Balaban J connectivity index is 1.44. The molecule has 1 amide bonds. The quantitative estimate of drug-likeness (QED) is 0.654. The molecule has 1 aromatic carbocycles. The average Bonchev–Trinajstić information content (AvgIpc) is 3.40. The summed E-state index contributed by atoms with van der Waals surface area (Å²) in [5, 5.41) is 14.9. The number of halogens is 1. The van der Waals surface area contributed by atoms with Crippen molar-refractivity contribution in [3.63, 3.8) is 0 Å². The summed E-state index contributed by atoms with van der Waals surface area (Å²) in [5.74, 6) is -1.05. The predicted octanol–water partition coefficient (Wildman–Crippen LogP) is 3.11. The van der Waals surface area contributed by atoms with E-state index in [0.29, 0.717) is 28.9 Å². The lowest BCUT2D eigenvalue weighted by atomic mass is 10.0. The number of nitrogens with two attached hydrogens (primary N) is 1. The Morgan fingerprint density at radius 1 is 1.31 bits per heavy atom. The number of carbonyl (C=O) groups is 2. The van der Waals surface area contributed by atoms with Crippen LogP contribution in [0.15, 0.2) is 57.2 Å². The van der Waals surface area contributed by atoms with Gasteiger partial charge in [-0.1, -0.05) is 6.07 Å². The Morgan fingerprint density at radius 3 is 2.75 bits per heavy atom. The van der Waals surface area contributed by atoms with Gasteiger partial charge in [0.2, 0.25) is 5.66 Å². The van der Waals surface area contributed by atoms with Crippen molar-refractivity contribution in [3.05, 3.63) is 48.0 Å². The van der Waals surface area contributed by atoms with E-state index in [4.69, 9.17) is 15.2 Å². The minimum atomic E-state index is -0.976. The lowest BCUT2D eigenvalue weighted by Crippen LogP contribution is -2.25. The molecule has 0 saturated carbocycles. The standard InChI is InChI=1S/C20H20FN7O4/c1-20(24-26-27-25-20)17-5-2-12(10-23-17)15-4-3-13(8-16(15)21)28-11-14(32-19(28)30)6-7-31-18(29)9-22/h2-5,8,10,14H,6-7,9,11,22H2,1H3/t14-/m1/s1. The van der Waals surface area contributed by atoms with E-state index in [-0.39, 0.29) is 19.7 Å². The van der Waals surface area contributed by atoms with Crippen molar-refractivity contribution in [3.8, 4) is 11.1 Å². The van der Waals surface area contributed by atoms with Crippen LogP contribution in [0, 0.1) is 5.82 Å². The first kappa shape index (κ1) is 21.4. The highest BCUT2D eigenvalue weighted by atomic mass is 19.1. The van der Waals surface area contributed by atoms with Crippen LogP contribution in [0.3, 0.4) is 0 Å². The Bertz CT molecular complexity index is 1080. The number of nitrogens with zero attached hydrogens (tertiary/aromatic N) is 6. The van der Waals surface area contributed by atoms with Crippen molar-refractivity contribution < 1.29 is 23.5 Å².